The van der Waals surface area contributed by atoms with Gasteiger partial charge in [0.25, 0.3) is 0 Å². The van der Waals surface area contributed by atoms with E-state index in [0.29, 0.717) is 17.3 Å². The van der Waals surface area contributed by atoms with Crippen LogP contribution in [0.2, 0.25) is 10.0 Å². The average molecular weight is 354 g/mol. The molecule has 0 aliphatic heterocycles. The van der Waals surface area contributed by atoms with Crippen LogP contribution in [0, 0.1) is 0 Å². The van der Waals surface area contributed by atoms with Crippen LogP contribution >= 0.6 is 35.0 Å². The van der Waals surface area contributed by atoms with Gasteiger partial charge in [0.15, 0.2) is 0 Å². The second-order valence-electron chi connectivity index (χ2n) is 4.82. The molecule has 2 rings (SSSR count). The summed E-state index contributed by atoms with van der Waals surface area (Å²) in [5.74, 6) is 0.471. The largest absolute Gasteiger partial charge is 0.355 e. The van der Waals surface area contributed by atoms with Gasteiger partial charge in [-0.1, -0.05) is 35.3 Å². The molecule has 0 bridgehead atoms. The van der Waals surface area contributed by atoms with Crippen LogP contribution in [0.5, 0.6) is 0 Å². The summed E-state index contributed by atoms with van der Waals surface area (Å²) in [7, 11) is 0. The van der Waals surface area contributed by atoms with Crippen LogP contribution in [0.4, 0.5) is 0 Å². The van der Waals surface area contributed by atoms with Crippen molar-refractivity contribution in [2.24, 2.45) is 0 Å². The summed E-state index contributed by atoms with van der Waals surface area (Å²) in [6.07, 6.45) is 1.85. The lowest BCUT2D eigenvalue weighted by Crippen LogP contribution is -2.26. The van der Waals surface area contributed by atoms with Crippen LogP contribution in [-0.2, 0) is 11.2 Å². The lowest BCUT2D eigenvalue weighted by molar-refractivity contribution is -0.118. The summed E-state index contributed by atoms with van der Waals surface area (Å²) in [6.45, 7) is 0.683. The van der Waals surface area contributed by atoms with Gasteiger partial charge in [-0.25, -0.2) is 0 Å². The highest BCUT2D eigenvalue weighted by atomic mass is 35.5. The van der Waals surface area contributed by atoms with Crippen molar-refractivity contribution in [3.8, 4) is 0 Å². The summed E-state index contributed by atoms with van der Waals surface area (Å²) in [5.41, 5.74) is 1.23. The molecular formula is C17H17Cl2NOS. The van der Waals surface area contributed by atoms with E-state index < -0.39 is 0 Å². The number of hydrogen-bond donors (Lipinski definition) is 1. The van der Waals surface area contributed by atoms with Crippen molar-refractivity contribution in [2.75, 3.05) is 12.3 Å². The van der Waals surface area contributed by atoms with E-state index in [2.05, 4.69) is 5.32 Å². The molecule has 1 N–H and O–H groups in total. The van der Waals surface area contributed by atoms with Crippen molar-refractivity contribution in [3.05, 3.63) is 64.1 Å². The Morgan fingerprint density at radius 2 is 1.55 bits per heavy atom. The first-order valence-corrected chi connectivity index (χ1v) is 8.77. The number of nitrogens with one attached hydrogen (secondary N) is 1. The van der Waals surface area contributed by atoms with Crippen molar-refractivity contribution in [1.82, 2.24) is 5.32 Å². The summed E-state index contributed by atoms with van der Waals surface area (Å²) in [5, 5.41) is 4.39. The van der Waals surface area contributed by atoms with E-state index in [0.717, 1.165) is 22.8 Å². The Bertz CT molecular complexity index is 599. The Morgan fingerprint density at radius 1 is 0.955 bits per heavy atom. The van der Waals surface area contributed by atoms with Crippen LogP contribution in [-0.4, -0.2) is 18.2 Å². The van der Waals surface area contributed by atoms with E-state index in [-0.39, 0.29) is 5.91 Å². The fraction of sp³-hybridized carbons (Fsp3) is 0.235. The Hall–Kier alpha value is -1.16. The normalized spacial score (nSPS) is 10.5. The minimum atomic E-state index is 0.0519. The fourth-order valence-corrected chi connectivity index (χ4v) is 2.88. The van der Waals surface area contributed by atoms with Crippen LogP contribution in [0.15, 0.2) is 53.4 Å². The SMILES string of the molecule is O=C(CSc1ccc(Cl)cc1)NCCCc1ccc(Cl)cc1. The highest BCUT2D eigenvalue weighted by molar-refractivity contribution is 8.00. The van der Waals surface area contributed by atoms with Gasteiger partial charge < -0.3 is 5.32 Å². The van der Waals surface area contributed by atoms with Gasteiger partial charge in [0, 0.05) is 21.5 Å². The van der Waals surface area contributed by atoms with Gasteiger partial charge in [-0.2, -0.15) is 0 Å². The highest BCUT2D eigenvalue weighted by Crippen LogP contribution is 2.19. The molecule has 0 radical (unpaired) electrons. The van der Waals surface area contributed by atoms with Gasteiger partial charge in [0.1, 0.15) is 0 Å². The quantitative estimate of drug-likeness (QED) is 0.570. The molecule has 5 heteroatoms. The molecular weight excluding hydrogens is 337 g/mol. The smallest absolute Gasteiger partial charge is 0.230 e. The second-order valence-corrected chi connectivity index (χ2v) is 6.74. The van der Waals surface area contributed by atoms with Crippen molar-refractivity contribution < 1.29 is 4.79 Å². The van der Waals surface area contributed by atoms with Crippen LogP contribution in [0.3, 0.4) is 0 Å². The molecule has 0 saturated heterocycles. The van der Waals surface area contributed by atoms with Crippen LogP contribution in [0.25, 0.3) is 0 Å². The molecule has 0 heterocycles. The van der Waals surface area contributed by atoms with Crippen molar-refractivity contribution in [3.63, 3.8) is 0 Å². The fourth-order valence-electron chi connectivity index (χ4n) is 1.90. The Labute approximate surface area is 145 Å². The topological polar surface area (TPSA) is 29.1 Å². The van der Waals surface area contributed by atoms with E-state index in [4.69, 9.17) is 23.2 Å². The lowest BCUT2D eigenvalue weighted by atomic mass is 10.1. The predicted molar refractivity (Wildman–Crippen MR) is 95.0 cm³/mol. The number of thioether (sulfide) groups is 1. The van der Waals surface area contributed by atoms with Crippen molar-refractivity contribution in [2.45, 2.75) is 17.7 Å². The van der Waals surface area contributed by atoms with E-state index in [1.54, 1.807) is 0 Å². The van der Waals surface area contributed by atoms with E-state index in [9.17, 15) is 4.79 Å². The first kappa shape index (κ1) is 17.2. The summed E-state index contributed by atoms with van der Waals surface area (Å²) >= 11 is 13.2. The maximum atomic E-state index is 11.8. The third-order valence-corrected chi connectivity index (χ3v) is 4.58. The number of amides is 1. The zero-order chi connectivity index (χ0) is 15.8. The van der Waals surface area contributed by atoms with Gasteiger partial charge in [0.2, 0.25) is 5.91 Å². The van der Waals surface area contributed by atoms with E-state index in [1.165, 1.54) is 17.3 Å². The molecule has 0 aliphatic carbocycles. The standard InChI is InChI=1S/C17H17Cl2NOS/c18-14-5-3-13(4-6-14)2-1-11-20-17(21)12-22-16-9-7-15(19)8-10-16/h3-10H,1-2,11-12H2,(H,20,21). The molecule has 116 valence electrons. The molecule has 0 spiro atoms. The highest BCUT2D eigenvalue weighted by Gasteiger charge is 2.02. The summed E-state index contributed by atoms with van der Waals surface area (Å²) in [4.78, 5) is 12.8. The average Bonchev–Trinajstić information content (AvgIpc) is 2.53. The molecule has 0 aromatic heterocycles. The maximum absolute atomic E-state index is 11.8. The minimum absolute atomic E-state index is 0.0519. The van der Waals surface area contributed by atoms with Crippen LogP contribution < -0.4 is 5.32 Å². The van der Waals surface area contributed by atoms with Crippen molar-refractivity contribution >= 4 is 40.9 Å². The minimum Gasteiger partial charge on any atom is -0.355 e. The summed E-state index contributed by atoms with van der Waals surface area (Å²) in [6, 6.07) is 15.3. The maximum Gasteiger partial charge on any atom is 0.230 e. The third-order valence-electron chi connectivity index (χ3n) is 3.06. The zero-order valence-corrected chi connectivity index (χ0v) is 14.3. The van der Waals surface area contributed by atoms with Crippen molar-refractivity contribution in [1.29, 1.82) is 0 Å². The Balaban J connectivity index is 1.61. The predicted octanol–water partition coefficient (Wildman–Crippen LogP) is 4.83. The number of aryl methyl sites for hydroxylation is 1. The van der Waals surface area contributed by atoms with Gasteiger partial charge in [-0.05, 0) is 54.8 Å². The van der Waals surface area contributed by atoms with Crippen LogP contribution in [0.1, 0.15) is 12.0 Å². The molecule has 2 aromatic rings. The number of rotatable bonds is 7. The molecule has 0 saturated carbocycles. The van der Waals surface area contributed by atoms with E-state index in [1.807, 2.05) is 48.5 Å². The molecule has 2 nitrogen and oxygen atoms in total. The number of benzene rings is 2. The number of hydrogen-bond acceptors (Lipinski definition) is 2. The first-order chi connectivity index (χ1) is 10.6. The Kier molecular flexibility index (Phi) is 7.10. The molecule has 0 unspecified atom stereocenters. The first-order valence-electron chi connectivity index (χ1n) is 7.03. The van der Waals surface area contributed by atoms with Gasteiger partial charge in [0.05, 0.1) is 5.75 Å². The molecule has 1 amide bonds. The number of carbonyl (C=O) groups is 1. The molecule has 0 aliphatic rings. The lowest BCUT2D eigenvalue weighted by Gasteiger charge is -2.06. The second kappa shape index (κ2) is 9.09. The van der Waals surface area contributed by atoms with E-state index >= 15 is 0 Å². The third kappa shape index (κ3) is 6.30. The number of halogens is 2. The van der Waals surface area contributed by atoms with Gasteiger partial charge >= 0.3 is 0 Å². The molecule has 0 atom stereocenters. The van der Waals surface area contributed by atoms with Gasteiger partial charge in [-0.15, -0.1) is 11.8 Å². The molecule has 0 fully saturated rings. The summed E-state index contributed by atoms with van der Waals surface area (Å²) < 4.78 is 0. The molecule has 2 aromatic carbocycles. The monoisotopic (exact) mass is 353 g/mol. The number of carbonyl (C=O) groups excluding carboxylic acids is 1. The Morgan fingerprint density at radius 3 is 2.18 bits per heavy atom. The van der Waals surface area contributed by atoms with Gasteiger partial charge in [-0.3, -0.25) is 4.79 Å². The molecule has 22 heavy (non-hydrogen) atoms. The zero-order valence-electron chi connectivity index (χ0n) is 12.0.